The molecule has 2 heteroatoms. The van der Waals surface area contributed by atoms with Crippen molar-refractivity contribution in [2.75, 3.05) is 0 Å². The number of rotatable bonds is 2. The van der Waals surface area contributed by atoms with Gasteiger partial charge in [0.2, 0.25) is 0 Å². The van der Waals surface area contributed by atoms with Crippen LogP contribution in [0.5, 0.6) is 0 Å². The fraction of sp³-hybridized carbons (Fsp3) is 0.0385. The van der Waals surface area contributed by atoms with E-state index in [1.54, 1.807) is 11.8 Å². The summed E-state index contributed by atoms with van der Waals surface area (Å²) >= 11 is 1.76. The van der Waals surface area contributed by atoms with E-state index in [0.29, 0.717) is 0 Å². The molecule has 1 unspecified atom stereocenters. The standard InChI is InChI=1S/C26H18OS/c27-25-22-12-6-7-13-24(22)28-26(20-9-2-1-3-10-20)23(25)17-18-14-15-19-8-4-5-11-21(19)16-18/h1-17,26H/b23-17-. The lowest BCUT2D eigenvalue weighted by molar-refractivity contribution is 0.102. The SMILES string of the molecule is O=C1/C(=C/c2ccc3ccccc3c2)C(c2ccccc2)Sc2ccccc21. The second kappa shape index (κ2) is 7.14. The van der Waals surface area contributed by atoms with Gasteiger partial charge >= 0.3 is 0 Å². The zero-order chi connectivity index (χ0) is 18.9. The average molecular weight is 378 g/mol. The molecule has 0 amide bonds. The van der Waals surface area contributed by atoms with E-state index in [4.69, 9.17) is 0 Å². The summed E-state index contributed by atoms with van der Waals surface area (Å²) in [5.74, 6) is 0.122. The molecule has 1 aliphatic rings. The third kappa shape index (κ3) is 3.06. The van der Waals surface area contributed by atoms with Crippen LogP contribution >= 0.6 is 11.8 Å². The fourth-order valence-electron chi connectivity index (χ4n) is 3.72. The number of carbonyl (C=O) groups is 1. The number of fused-ring (bicyclic) bond motifs is 2. The Morgan fingerprint density at radius 1 is 0.714 bits per heavy atom. The Kier molecular flexibility index (Phi) is 4.34. The van der Waals surface area contributed by atoms with E-state index in [0.717, 1.165) is 27.2 Å². The monoisotopic (exact) mass is 378 g/mol. The van der Waals surface area contributed by atoms with Crippen molar-refractivity contribution in [3.8, 4) is 0 Å². The molecule has 28 heavy (non-hydrogen) atoms. The smallest absolute Gasteiger partial charge is 0.191 e. The second-order valence-electron chi connectivity index (χ2n) is 6.94. The highest BCUT2D eigenvalue weighted by molar-refractivity contribution is 8.00. The molecule has 1 nitrogen and oxygen atoms in total. The molecular formula is C26H18OS. The van der Waals surface area contributed by atoms with Crippen LogP contribution in [0.15, 0.2) is 108 Å². The first-order chi connectivity index (χ1) is 13.8. The molecule has 0 saturated carbocycles. The minimum atomic E-state index is -0.00456. The molecule has 0 N–H and O–H groups in total. The highest BCUT2D eigenvalue weighted by Crippen LogP contribution is 2.48. The summed E-state index contributed by atoms with van der Waals surface area (Å²) in [7, 11) is 0. The molecule has 0 bridgehead atoms. The van der Waals surface area contributed by atoms with Gasteiger partial charge < -0.3 is 0 Å². The van der Waals surface area contributed by atoms with Gasteiger partial charge in [-0.05, 0) is 46.2 Å². The molecule has 5 rings (SSSR count). The molecule has 0 aromatic heterocycles. The molecule has 0 fully saturated rings. The molecule has 1 atom stereocenters. The van der Waals surface area contributed by atoms with E-state index in [2.05, 4.69) is 48.5 Å². The van der Waals surface area contributed by atoms with Gasteiger partial charge in [-0.25, -0.2) is 0 Å². The van der Waals surface area contributed by atoms with E-state index in [1.807, 2.05) is 54.6 Å². The van der Waals surface area contributed by atoms with Gasteiger partial charge in [-0.3, -0.25) is 4.79 Å². The van der Waals surface area contributed by atoms with Crippen LogP contribution in [0.2, 0.25) is 0 Å². The Morgan fingerprint density at radius 2 is 1.43 bits per heavy atom. The van der Waals surface area contributed by atoms with E-state index < -0.39 is 0 Å². The van der Waals surface area contributed by atoms with Crippen molar-refractivity contribution in [2.24, 2.45) is 0 Å². The van der Waals surface area contributed by atoms with E-state index >= 15 is 0 Å². The van der Waals surface area contributed by atoms with E-state index in [1.165, 1.54) is 10.8 Å². The summed E-state index contributed by atoms with van der Waals surface area (Å²) in [5.41, 5.74) is 3.85. The van der Waals surface area contributed by atoms with Gasteiger partial charge in [0.15, 0.2) is 5.78 Å². The topological polar surface area (TPSA) is 17.1 Å². The van der Waals surface area contributed by atoms with E-state index in [-0.39, 0.29) is 11.0 Å². The normalized spacial score (nSPS) is 17.6. The molecule has 1 heterocycles. The number of thioether (sulfide) groups is 1. The summed E-state index contributed by atoms with van der Waals surface area (Å²) in [5, 5.41) is 2.39. The molecule has 134 valence electrons. The number of ketones is 1. The molecule has 0 radical (unpaired) electrons. The van der Waals surface area contributed by atoms with Crippen LogP contribution in [-0.4, -0.2) is 5.78 Å². The Morgan fingerprint density at radius 3 is 2.29 bits per heavy atom. The molecule has 0 aliphatic carbocycles. The molecule has 4 aromatic carbocycles. The predicted octanol–water partition coefficient (Wildman–Crippen LogP) is 6.95. The summed E-state index contributed by atoms with van der Waals surface area (Å²) in [4.78, 5) is 14.4. The molecule has 0 saturated heterocycles. The summed E-state index contributed by atoms with van der Waals surface area (Å²) in [6.45, 7) is 0. The lowest BCUT2D eigenvalue weighted by Gasteiger charge is -2.26. The van der Waals surface area contributed by atoms with Gasteiger partial charge in [0.25, 0.3) is 0 Å². The third-order valence-corrected chi connectivity index (χ3v) is 6.49. The Labute approximate surface area is 168 Å². The van der Waals surface area contributed by atoms with Gasteiger partial charge in [0.1, 0.15) is 0 Å². The largest absolute Gasteiger partial charge is 0.289 e. The van der Waals surface area contributed by atoms with Crippen LogP contribution in [-0.2, 0) is 0 Å². The van der Waals surface area contributed by atoms with Gasteiger partial charge in [0, 0.05) is 16.0 Å². The van der Waals surface area contributed by atoms with Crippen molar-refractivity contribution >= 4 is 34.4 Å². The van der Waals surface area contributed by atoms with Crippen molar-refractivity contribution < 1.29 is 4.79 Å². The Balaban J connectivity index is 1.66. The van der Waals surface area contributed by atoms with Crippen LogP contribution in [0.25, 0.3) is 16.8 Å². The first-order valence-electron chi connectivity index (χ1n) is 9.35. The maximum atomic E-state index is 13.4. The molecule has 4 aromatic rings. The number of hydrogen-bond acceptors (Lipinski definition) is 2. The van der Waals surface area contributed by atoms with Crippen LogP contribution in [0.3, 0.4) is 0 Å². The average Bonchev–Trinajstić information content (AvgIpc) is 2.76. The summed E-state index contributed by atoms with van der Waals surface area (Å²) < 4.78 is 0. The van der Waals surface area contributed by atoms with Gasteiger partial charge in [0.05, 0.1) is 5.25 Å². The number of Topliss-reactive ketones (excluding diaryl/α,β-unsaturated/α-hetero) is 1. The maximum absolute atomic E-state index is 13.4. The van der Waals surface area contributed by atoms with Crippen molar-refractivity contribution in [1.29, 1.82) is 0 Å². The van der Waals surface area contributed by atoms with Gasteiger partial charge in [-0.1, -0.05) is 78.9 Å². The third-order valence-electron chi connectivity index (χ3n) is 5.12. The second-order valence-corrected chi connectivity index (χ2v) is 8.09. The quantitative estimate of drug-likeness (QED) is 0.351. The fourth-order valence-corrected chi connectivity index (χ4v) is 5.01. The maximum Gasteiger partial charge on any atom is 0.191 e. The van der Waals surface area contributed by atoms with Crippen molar-refractivity contribution in [3.05, 3.63) is 119 Å². The highest BCUT2D eigenvalue weighted by Gasteiger charge is 2.31. The van der Waals surface area contributed by atoms with Crippen LogP contribution in [0.1, 0.15) is 26.7 Å². The van der Waals surface area contributed by atoms with Crippen molar-refractivity contribution in [1.82, 2.24) is 0 Å². The summed E-state index contributed by atoms with van der Waals surface area (Å²) in [6.07, 6.45) is 2.06. The number of hydrogen-bond donors (Lipinski definition) is 0. The molecular weight excluding hydrogens is 360 g/mol. The first-order valence-corrected chi connectivity index (χ1v) is 10.2. The zero-order valence-electron chi connectivity index (χ0n) is 15.2. The van der Waals surface area contributed by atoms with Crippen LogP contribution in [0.4, 0.5) is 0 Å². The number of carbonyl (C=O) groups excluding carboxylic acids is 1. The van der Waals surface area contributed by atoms with Gasteiger partial charge in [-0.2, -0.15) is 0 Å². The highest BCUT2D eigenvalue weighted by atomic mass is 32.2. The Hall–Kier alpha value is -3.10. The minimum absolute atomic E-state index is 0.00456. The lowest BCUT2D eigenvalue weighted by atomic mass is 9.93. The van der Waals surface area contributed by atoms with Crippen molar-refractivity contribution in [3.63, 3.8) is 0 Å². The molecule has 1 aliphatic heterocycles. The molecule has 0 spiro atoms. The van der Waals surface area contributed by atoms with Crippen LogP contribution < -0.4 is 0 Å². The lowest BCUT2D eigenvalue weighted by Crippen LogP contribution is -2.16. The first kappa shape index (κ1) is 17.0. The summed E-state index contributed by atoms with van der Waals surface area (Å²) in [6, 6.07) is 32.9. The predicted molar refractivity (Wildman–Crippen MR) is 118 cm³/mol. The minimum Gasteiger partial charge on any atom is -0.289 e. The Bertz CT molecular complexity index is 1210. The van der Waals surface area contributed by atoms with Gasteiger partial charge in [-0.15, -0.1) is 11.8 Å². The van der Waals surface area contributed by atoms with Crippen molar-refractivity contribution in [2.45, 2.75) is 10.1 Å². The number of benzene rings is 4. The zero-order valence-corrected chi connectivity index (χ0v) is 16.0. The van der Waals surface area contributed by atoms with Crippen LogP contribution in [0, 0.1) is 0 Å². The van der Waals surface area contributed by atoms with E-state index in [9.17, 15) is 4.79 Å².